The van der Waals surface area contributed by atoms with Crippen LogP contribution in [0, 0.1) is 11.3 Å². The second kappa shape index (κ2) is 8.26. The predicted octanol–water partition coefficient (Wildman–Crippen LogP) is 1.61. The lowest BCUT2D eigenvalue weighted by molar-refractivity contribution is 0.0952. The van der Waals surface area contributed by atoms with Crippen LogP contribution in [0.25, 0.3) is 0 Å². The second-order valence-electron chi connectivity index (χ2n) is 4.07. The van der Waals surface area contributed by atoms with Gasteiger partial charge in [0, 0.05) is 18.5 Å². The van der Waals surface area contributed by atoms with Gasteiger partial charge in [-0.05, 0) is 37.4 Å². The van der Waals surface area contributed by atoms with Crippen LogP contribution in [0.2, 0.25) is 0 Å². The van der Waals surface area contributed by atoms with E-state index in [0.717, 1.165) is 18.4 Å². The van der Waals surface area contributed by atoms with Crippen LogP contribution >= 0.6 is 0 Å². The lowest BCUT2D eigenvalue weighted by Gasteiger charge is -2.09. The molecular formula is C14H19N3O. The highest BCUT2D eigenvalue weighted by Gasteiger charge is 2.09. The van der Waals surface area contributed by atoms with Crippen LogP contribution in [-0.4, -0.2) is 19.0 Å². The number of amides is 1. The lowest BCUT2D eigenvalue weighted by Crippen LogP contribution is -2.25. The van der Waals surface area contributed by atoms with E-state index in [4.69, 9.17) is 11.0 Å². The molecule has 1 aromatic rings. The minimum absolute atomic E-state index is 0.0593. The zero-order valence-electron chi connectivity index (χ0n) is 10.5. The second-order valence-corrected chi connectivity index (χ2v) is 4.07. The first-order valence-electron chi connectivity index (χ1n) is 6.22. The molecule has 0 aliphatic rings. The van der Waals surface area contributed by atoms with E-state index in [0.29, 0.717) is 31.5 Å². The summed E-state index contributed by atoms with van der Waals surface area (Å²) in [5, 5.41) is 11.3. The number of benzene rings is 1. The molecule has 0 heterocycles. The van der Waals surface area contributed by atoms with E-state index in [9.17, 15) is 4.79 Å². The fraction of sp³-hybridized carbons (Fsp3) is 0.429. The Bertz CT molecular complexity index is 423. The van der Waals surface area contributed by atoms with Crippen molar-refractivity contribution in [3.8, 4) is 6.07 Å². The molecule has 1 amide bonds. The number of rotatable bonds is 7. The number of nitrogens with two attached hydrogens (primary N) is 1. The van der Waals surface area contributed by atoms with Gasteiger partial charge in [0.25, 0.3) is 5.91 Å². The van der Waals surface area contributed by atoms with Crippen LogP contribution in [0.5, 0.6) is 0 Å². The molecule has 0 unspecified atom stereocenters. The molecule has 96 valence electrons. The fourth-order valence-electron chi connectivity index (χ4n) is 1.74. The highest BCUT2D eigenvalue weighted by molar-refractivity contribution is 5.95. The zero-order chi connectivity index (χ0) is 13.2. The van der Waals surface area contributed by atoms with E-state index in [2.05, 4.69) is 11.4 Å². The number of nitrogens with one attached hydrogen (secondary N) is 1. The molecule has 0 spiro atoms. The number of unbranched alkanes of at least 4 members (excludes halogenated alkanes) is 2. The molecule has 4 nitrogen and oxygen atoms in total. The van der Waals surface area contributed by atoms with Gasteiger partial charge in [-0.2, -0.15) is 5.26 Å². The maximum atomic E-state index is 12.0. The molecule has 0 saturated carbocycles. The van der Waals surface area contributed by atoms with Crippen molar-refractivity contribution in [2.45, 2.75) is 25.7 Å². The predicted molar refractivity (Wildman–Crippen MR) is 71.0 cm³/mol. The summed E-state index contributed by atoms with van der Waals surface area (Å²) in [6, 6.07) is 9.59. The topological polar surface area (TPSA) is 78.9 Å². The van der Waals surface area contributed by atoms with Crippen LogP contribution < -0.4 is 11.1 Å². The van der Waals surface area contributed by atoms with Crippen molar-refractivity contribution in [1.82, 2.24) is 5.32 Å². The summed E-state index contributed by atoms with van der Waals surface area (Å²) in [5.41, 5.74) is 7.20. The largest absolute Gasteiger partial charge is 0.352 e. The van der Waals surface area contributed by atoms with Crippen molar-refractivity contribution in [3.63, 3.8) is 0 Å². The Labute approximate surface area is 108 Å². The third kappa shape index (κ3) is 4.56. The first-order chi connectivity index (χ1) is 8.79. The van der Waals surface area contributed by atoms with Gasteiger partial charge < -0.3 is 11.1 Å². The Balaban J connectivity index is 2.48. The molecule has 0 aromatic heterocycles. The van der Waals surface area contributed by atoms with Crippen molar-refractivity contribution in [2.75, 3.05) is 13.1 Å². The van der Waals surface area contributed by atoms with E-state index in [1.54, 1.807) is 0 Å². The van der Waals surface area contributed by atoms with Crippen molar-refractivity contribution in [2.24, 2.45) is 5.73 Å². The van der Waals surface area contributed by atoms with Crippen LogP contribution in [0.1, 0.15) is 35.2 Å². The molecule has 1 rings (SSSR count). The first-order valence-corrected chi connectivity index (χ1v) is 6.22. The van der Waals surface area contributed by atoms with Crippen molar-refractivity contribution in [3.05, 3.63) is 35.4 Å². The van der Waals surface area contributed by atoms with E-state index < -0.39 is 0 Å². The molecule has 0 aliphatic carbocycles. The van der Waals surface area contributed by atoms with Crippen molar-refractivity contribution >= 4 is 5.91 Å². The molecule has 0 fully saturated rings. The number of nitrogens with zero attached hydrogens (tertiary/aromatic N) is 1. The first kappa shape index (κ1) is 14.2. The van der Waals surface area contributed by atoms with Crippen LogP contribution in [0.4, 0.5) is 0 Å². The minimum atomic E-state index is -0.0593. The van der Waals surface area contributed by atoms with Gasteiger partial charge in [-0.25, -0.2) is 0 Å². The summed E-state index contributed by atoms with van der Waals surface area (Å²) in [5.74, 6) is -0.0593. The van der Waals surface area contributed by atoms with E-state index in [1.807, 2.05) is 24.3 Å². The molecule has 0 radical (unpaired) electrons. The molecule has 4 heteroatoms. The molecule has 1 aromatic carbocycles. The van der Waals surface area contributed by atoms with Crippen LogP contribution in [0.3, 0.4) is 0 Å². The Hall–Kier alpha value is -1.86. The maximum absolute atomic E-state index is 12.0. The summed E-state index contributed by atoms with van der Waals surface area (Å²) in [6.07, 6.45) is 2.90. The zero-order valence-corrected chi connectivity index (χ0v) is 10.5. The number of carbonyl (C=O) groups is 1. The quantitative estimate of drug-likeness (QED) is 0.716. The van der Waals surface area contributed by atoms with E-state index in [-0.39, 0.29) is 5.91 Å². The van der Waals surface area contributed by atoms with E-state index in [1.165, 1.54) is 0 Å². The summed E-state index contributed by atoms with van der Waals surface area (Å²) >= 11 is 0. The van der Waals surface area contributed by atoms with Crippen molar-refractivity contribution in [1.29, 1.82) is 5.26 Å². The Morgan fingerprint density at radius 1 is 1.33 bits per heavy atom. The average molecular weight is 245 g/mol. The highest BCUT2D eigenvalue weighted by atomic mass is 16.1. The minimum Gasteiger partial charge on any atom is -0.352 e. The molecule has 18 heavy (non-hydrogen) atoms. The molecular weight excluding hydrogens is 226 g/mol. The standard InChI is InChI=1S/C14H19N3O/c15-9-4-1-5-11-17-14(18)13-7-3-2-6-12(13)8-10-16/h2-3,6-7H,1,4-5,8,10-11,16H2,(H,17,18). The summed E-state index contributed by atoms with van der Waals surface area (Å²) in [4.78, 5) is 12.0. The van der Waals surface area contributed by atoms with Gasteiger partial charge in [-0.3, -0.25) is 4.79 Å². The van der Waals surface area contributed by atoms with Crippen LogP contribution in [-0.2, 0) is 6.42 Å². The Morgan fingerprint density at radius 3 is 2.83 bits per heavy atom. The highest BCUT2D eigenvalue weighted by Crippen LogP contribution is 2.09. The normalized spacial score (nSPS) is 9.78. The summed E-state index contributed by atoms with van der Waals surface area (Å²) < 4.78 is 0. The molecule has 0 bridgehead atoms. The van der Waals surface area contributed by atoms with Crippen molar-refractivity contribution < 1.29 is 4.79 Å². The lowest BCUT2D eigenvalue weighted by atomic mass is 10.0. The Morgan fingerprint density at radius 2 is 2.11 bits per heavy atom. The van der Waals surface area contributed by atoms with E-state index >= 15 is 0 Å². The Kier molecular flexibility index (Phi) is 6.52. The third-order valence-electron chi connectivity index (χ3n) is 2.68. The fourth-order valence-corrected chi connectivity index (χ4v) is 1.74. The van der Waals surface area contributed by atoms with Gasteiger partial charge in [0.2, 0.25) is 0 Å². The number of hydrogen-bond acceptors (Lipinski definition) is 3. The summed E-state index contributed by atoms with van der Waals surface area (Å²) in [7, 11) is 0. The summed E-state index contributed by atoms with van der Waals surface area (Å²) in [6.45, 7) is 1.14. The van der Waals surface area contributed by atoms with Gasteiger partial charge in [0.1, 0.15) is 0 Å². The van der Waals surface area contributed by atoms with Gasteiger partial charge in [-0.1, -0.05) is 18.2 Å². The van der Waals surface area contributed by atoms with Gasteiger partial charge in [-0.15, -0.1) is 0 Å². The van der Waals surface area contributed by atoms with Crippen LogP contribution in [0.15, 0.2) is 24.3 Å². The van der Waals surface area contributed by atoms with Gasteiger partial charge >= 0.3 is 0 Å². The number of hydrogen-bond donors (Lipinski definition) is 2. The molecule has 0 aliphatic heterocycles. The monoisotopic (exact) mass is 245 g/mol. The van der Waals surface area contributed by atoms with Gasteiger partial charge in [0.15, 0.2) is 0 Å². The maximum Gasteiger partial charge on any atom is 0.251 e. The number of carbonyl (C=O) groups excluding carboxylic acids is 1. The molecule has 0 atom stereocenters. The SMILES string of the molecule is N#CCCCCNC(=O)c1ccccc1CCN. The average Bonchev–Trinajstić information content (AvgIpc) is 2.39. The smallest absolute Gasteiger partial charge is 0.251 e. The molecule has 0 saturated heterocycles. The third-order valence-corrected chi connectivity index (χ3v) is 2.68. The molecule has 3 N–H and O–H groups in total. The van der Waals surface area contributed by atoms with Gasteiger partial charge in [0.05, 0.1) is 6.07 Å². The number of nitriles is 1.